The molecule has 0 amide bonds. The van der Waals surface area contributed by atoms with Crippen LogP contribution in [0.1, 0.15) is 18.4 Å². The van der Waals surface area contributed by atoms with Crippen molar-refractivity contribution in [3.05, 3.63) is 35.2 Å². The molecule has 1 heterocycles. The lowest BCUT2D eigenvalue weighted by Gasteiger charge is -2.13. The Morgan fingerprint density at radius 3 is 2.88 bits per heavy atom. The van der Waals surface area contributed by atoms with Gasteiger partial charge in [-0.3, -0.25) is 0 Å². The average molecular weight is 231 g/mol. The zero-order chi connectivity index (χ0) is 11.0. The van der Waals surface area contributed by atoms with Crippen LogP contribution in [0, 0.1) is 5.41 Å². The predicted octanol–water partition coefficient (Wildman–Crippen LogP) is 3.44. The largest absolute Gasteiger partial charge is 0.319 e. The maximum Gasteiger partial charge on any atom is 0.0345 e. The van der Waals surface area contributed by atoms with Crippen LogP contribution in [0.4, 0.5) is 0 Å². The molecule has 0 atom stereocenters. The summed E-state index contributed by atoms with van der Waals surface area (Å²) < 4.78 is 1.43. The van der Waals surface area contributed by atoms with Crippen LogP contribution in [0.3, 0.4) is 0 Å². The van der Waals surface area contributed by atoms with Crippen molar-refractivity contribution in [2.45, 2.75) is 19.3 Å². The Bertz CT molecular complexity index is 496. The van der Waals surface area contributed by atoms with Crippen molar-refractivity contribution in [1.29, 1.82) is 0 Å². The highest BCUT2D eigenvalue weighted by molar-refractivity contribution is 7.17. The standard InChI is InChI=1S/C14H17NS/c1-15-10-14(6-7-14)8-11-9-16-13-5-3-2-4-12(11)13/h2-5,9,15H,6-8,10H2,1H3. The Morgan fingerprint density at radius 2 is 2.12 bits per heavy atom. The summed E-state index contributed by atoms with van der Waals surface area (Å²) in [5.74, 6) is 0. The Morgan fingerprint density at radius 1 is 1.31 bits per heavy atom. The molecular weight excluding hydrogens is 214 g/mol. The van der Waals surface area contributed by atoms with Crippen molar-refractivity contribution in [2.75, 3.05) is 13.6 Å². The second-order valence-corrected chi connectivity index (χ2v) is 5.88. The number of rotatable bonds is 4. The molecule has 1 aliphatic carbocycles. The van der Waals surface area contributed by atoms with Crippen LogP contribution in [-0.4, -0.2) is 13.6 Å². The molecule has 0 saturated heterocycles. The van der Waals surface area contributed by atoms with E-state index in [2.05, 4.69) is 42.0 Å². The van der Waals surface area contributed by atoms with Crippen molar-refractivity contribution in [3.63, 3.8) is 0 Å². The number of benzene rings is 1. The fourth-order valence-electron chi connectivity index (χ4n) is 2.54. The third kappa shape index (κ3) is 1.76. The van der Waals surface area contributed by atoms with Gasteiger partial charge in [0.2, 0.25) is 0 Å². The zero-order valence-corrected chi connectivity index (χ0v) is 10.4. The van der Waals surface area contributed by atoms with Crippen molar-refractivity contribution in [2.24, 2.45) is 5.41 Å². The van der Waals surface area contributed by atoms with Gasteiger partial charge in [-0.05, 0) is 54.1 Å². The first-order valence-electron chi connectivity index (χ1n) is 5.93. The maximum absolute atomic E-state index is 3.33. The summed E-state index contributed by atoms with van der Waals surface area (Å²) in [7, 11) is 2.06. The Balaban J connectivity index is 1.89. The Kier molecular flexibility index (Phi) is 2.49. The molecule has 84 valence electrons. The fraction of sp³-hybridized carbons (Fsp3) is 0.429. The van der Waals surface area contributed by atoms with Gasteiger partial charge in [0.1, 0.15) is 0 Å². The van der Waals surface area contributed by atoms with Gasteiger partial charge in [0, 0.05) is 11.2 Å². The summed E-state index contributed by atoms with van der Waals surface area (Å²) in [6.07, 6.45) is 4.02. The van der Waals surface area contributed by atoms with Crippen LogP contribution in [-0.2, 0) is 6.42 Å². The minimum atomic E-state index is 0.568. The lowest BCUT2D eigenvalue weighted by Crippen LogP contribution is -2.21. The van der Waals surface area contributed by atoms with E-state index in [0.717, 1.165) is 6.54 Å². The molecular formula is C14H17NS. The van der Waals surface area contributed by atoms with E-state index in [-0.39, 0.29) is 0 Å². The number of nitrogens with one attached hydrogen (secondary N) is 1. The molecule has 0 aliphatic heterocycles. The molecule has 3 rings (SSSR count). The normalized spacial score (nSPS) is 17.8. The van der Waals surface area contributed by atoms with Gasteiger partial charge < -0.3 is 5.32 Å². The lowest BCUT2D eigenvalue weighted by molar-refractivity contribution is 0.480. The summed E-state index contributed by atoms with van der Waals surface area (Å²) in [6, 6.07) is 8.76. The van der Waals surface area contributed by atoms with E-state index in [0.29, 0.717) is 5.41 Å². The number of hydrogen-bond donors (Lipinski definition) is 1. The topological polar surface area (TPSA) is 12.0 Å². The van der Waals surface area contributed by atoms with Crippen molar-refractivity contribution in [1.82, 2.24) is 5.32 Å². The molecule has 16 heavy (non-hydrogen) atoms. The molecule has 1 N–H and O–H groups in total. The van der Waals surface area contributed by atoms with E-state index in [1.807, 2.05) is 11.3 Å². The highest BCUT2D eigenvalue weighted by Gasteiger charge is 2.41. The first-order chi connectivity index (χ1) is 7.83. The van der Waals surface area contributed by atoms with Gasteiger partial charge in [-0.1, -0.05) is 18.2 Å². The number of thiophene rings is 1. The van der Waals surface area contributed by atoms with E-state index < -0.39 is 0 Å². The zero-order valence-electron chi connectivity index (χ0n) is 9.62. The van der Waals surface area contributed by atoms with Crippen LogP contribution >= 0.6 is 11.3 Å². The summed E-state index contributed by atoms with van der Waals surface area (Å²) in [4.78, 5) is 0. The van der Waals surface area contributed by atoms with E-state index in [1.54, 1.807) is 5.56 Å². The summed E-state index contributed by atoms with van der Waals surface area (Å²) in [5, 5.41) is 7.15. The molecule has 1 fully saturated rings. The molecule has 1 aliphatic rings. The molecule has 0 spiro atoms. The molecule has 2 heteroatoms. The number of hydrogen-bond acceptors (Lipinski definition) is 2. The van der Waals surface area contributed by atoms with Crippen molar-refractivity contribution >= 4 is 21.4 Å². The lowest BCUT2D eigenvalue weighted by atomic mass is 9.96. The van der Waals surface area contributed by atoms with Gasteiger partial charge in [0.15, 0.2) is 0 Å². The van der Waals surface area contributed by atoms with Gasteiger partial charge in [0.05, 0.1) is 0 Å². The molecule has 1 nitrogen and oxygen atoms in total. The summed E-state index contributed by atoms with van der Waals surface area (Å²) in [5.41, 5.74) is 2.12. The minimum absolute atomic E-state index is 0.568. The van der Waals surface area contributed by atoms with Crippen LogP contribution in [0.2, 0.25) is 0 Å². The van der Waals surface area contributed by atoms with Crippen molar-refractivity contribution < 1.29 is 0 Å². The van der Waals surface area contributed by atoms with Crippen LogP contribution in [0.15, 0.2) is 29.6 Å². The predicted molar refractivity (Wildman–Crippen MR) is 71.1 cm³/mol. The van der Waals surface area contributed by atoms with E-state index in [4.69, 9.17) is 0 Å². The highest BCUT2D eigenvalue weighted by Crippen LogP contribution is 2.49. The third-order valence-corrected chi connectivity index (χ3v) is 4.65. The molecule has 1 aromatic heterocycles. The first kappa shape index (κ1) is 10.3. The SMILES string of the molecule is CNCC1(Cc2csc3ccccc23)CC1. The minimum Gasteiger partial charge on any atom is -0.319 e. The van der Waals surface area contributed by atoms with Gasteiger partial charge in [-0.25, -0.2) is 0 Å². The monoisotopic (exact) mass is 231 g/mol. The van der Waals surface area contributed by atoms with Crippen LogP contribution in [0.5, 0.6) is 0 Å². The molecule has 0 bridgehead atoms. The summed E-state index contributed by atoms with van der Waals surface area (Å²) in [6.45, 7) is 1.16. The fourth-order valence-corrected chi connectivity index (χ4v) is 3.50. The average Bonchev–Trinajstić information content (AvgIpc) is 2.93. The highest BCUT2D eigenvalue weighted by atomic mass is 32.1. The second-order valence-electron chi connectivity index (χ2n) is 4.96. The second kappa shape index (κ2) is 3.86. The van der Waals surface area contributed by atoms with E-state index >= 15 is 0 Å². The molecule has 1 aromatic carbocycles. The van der Waals surface area contributed by atoms with Gasteiger partial charge in [0.25, 0.3) is 0 Å². The number of fused-ring (bicyclic) bond motifs is 1. The Labute approximate surface area is 100 Å². The van der Waals surface area contributed by atoms with Gasteiger partial charge >= 0.3 is 0 Å². The van der Waals surface area contributed by atoms with Gasteiger partial charge in [-0.15, -0.1) is 11.3 Å². The molecule has 0 radical (unpaired) electrons. The van der Waals surface area contributed by atoms with Gasteiger partial charge in [-0.2, -0.15) is 0 Å². The van der Waals surface area contributed by atoms with Crippen LogP contribution < -0.4 is 5.32 Å². The molecule has 2 aromatic rings. The molecule has 0 unspecified atom stereocenters. The molecule has 1 saturated carbocycles. The third-order valence-electron chi connectivity index (χ3n) is 3.64. The summed E-state index contributed by atoms with van der Waals surface area (Å²) >= 11 is 1.88. The van der Waals surface area contributed by atoms with Crippen LogP contribution in [0.25, 0.3) is 10.1 Å². The smallest absolute Gasteiger partial charge is 0.0345 e. The quantitative estimate of drug-likeness (QED) is 0.850. The first-order valence-corrected chi connectivity index (χ1v) is 6.81. The maximum atomic E-state index is 3.33. The van der Waals surface area contributed by atoms with E-state index in [1.165, 1.54) is 29.3 Å². The van der Waals surface area contributed by atoms with Crippen molar-refractivity contribution in [3.8, 4) is 0 Å². The van der Waals surface area contributed by atoms with E-state index in [9.17, 15) is 0 Å². The Hall–Kier alpha value is -0.860.